The van der Waals surface area contributed by atoms with Crippen molar-refractivity contribution in [1.82, 2.24) is 0 Å². The number of allylic oxidation sites excluding steroid dienone is 2. The van der Waals surface area contributed by atoms with E-state index < -0.39 is 0 Å². The normalized spacial score (nSPS) is 28.0. The Bertz CT molecular complexity index is 375. The first-order chi connectivity index (χ1) is 6.79. The van der Waals surface area contributed by atoms with Crippen LogP contribution in [0.4, 0.5) is 0 Å². The van der Waals surface area contributed by atoms with Gasteiger partial charge in [0, 0.05) is 11.8 Å². The Labute approximate surface area is 85.6 Å². The van der Waals surface area contributed by atoms with Crippen molar-refractivity contribution in [2.75, 3.05) is 0 Å². The quantitative estimate of drug-likeness (QED) is 0.535. The summed E-state index contributed by atoms with van der Waals surface area (Å²) in [5, 5.41) is 0. The summed E-state index contributed by atoms with van der Waals surface area (Å²) >= 11 is 0. The Morgan fingerprint density at radius 2 is 1.50 bits per heavy atom. The van der Waals surface area contributed by atoms with Gasteiger partial charge in [0.25, 0.3) is 0 Å². The van der Waals surface area contributed by atoms with Gasteiger partial charge >= 0.3 is 0 Å². The summed E-state index contributed by atoms with van der Waals surface area (Å²) < 4.78 is 0. The van der Waals surface area contributed by atoms with Crippen molar-refractivity contribution in [3.63, 3.8) is 0 Å². The summed E-state index contributed by atoms with van der Waals surface area (Å²) in [4.78, 5) is 0. The van der Waals surface area contributed by atoms with Gasteiger partial charge in [0.1, 0.15) is 0 Å². The molecule has 2 bridgehead atoms. The molecular weight excluding hydrogens is 168 g/mol. The second-order valence-electron chi connectivity index (χ2n) is 4.77. The van der Waals surface area contributed by atoms with E-state index in [1.165, 1.54) is 12.8 Å². The second kappa shape index (κ2) is 2.73. The van der Waals surface area contributed by atoms with Crippen molar-refractivity contribution >= 4 is 0 Å². The molecule has 14 heavy (non-hydrogen) atoms. The van der Waals surface area contributed by atoms with Crippen LogP contribution in [0.1, 0.15) is 49.7 Å². The van der Waals surface area contributed by atoms with Gasteiger partial charge in [-0.1, -0.05) is 35.4 Å². The lowest BCUT2D eigenvalue weighted by atomic mass is 9.92. The Balaban J connectivity index is 2.23. The highest BCUT2D eigenvalue weighted by atomic mass is 14.4. The second-order valence-corrected chi connectivity index (χ2v) is 4.77. The van der Waals surface area contributed by atoms with Gasteiger partial charge in [-0.2, -0.15) is 0 Å². The van der Waals surface area contributed by atoms with Gasteiger partial charge in [0.15, 0.2) is 0 Å². The Morgan fingerprint density at radius 1 is 1.00 bits per heavy atom. The van der Waals surface area contributed by atoms with Gasteiger partial charge in [-0.05, 0) is 37.8 Å². The molecule has 0 aliphatic heterocycles. The molecular formula is C14H16. The van der Waals surface area contributed by atoms with E-state index in [0.717, 1.165) is 11.8 Å². The van der Waals surface area contributed by atoms with E-state index in [1.54, 1.807) is 22.3 Å². The lowest BCUT2D eigenvalue weighted by Gasteiger charge is -2.12. The van der Waals surface area contributed by atoms with E-state index in [1.807, 2.05) is 0 Å². The van der Waals surface area contributed by atoms with Crippen LogP contribution in [0.15, 0.2) is 35.4 Å². The maximum atomic E-state index is 2.32. The van der Waals surface area contributed by atoms with Crippen molar-refractivity contribution in [3.8, 4) is 0 Å². The van der Waals surface area contributed by atoms with E-state index in [9.17, 15) is 0 Å². The molecule has 2 atom stereocenters. The van der Waals surface area contributed by atoms with Crippen molar-refractivity contribution < 1.29 is 0 Å². The first-order valence-electron chi connectivity index (χ1n) is 5.55. The molecule has 1 aromatic rings. The fourth-order valence-electron chi connectivity index (χ4n) is 3.38. The monoisotopic (exact) mass is 184 g/mol. The summed E-state index contributed by atoms with van der Waals surface area (Å²) in [5.74, 6) is 1.53. The van der Waals surface area contributed by atoms with Gasteiger partial charge in [-0.3, -0.25) is 0 Å². The molecule has 1 saturated carbocycles. The Hall–Kier alpha value is -1.04. The molecule has 1 fully saturated rings. The van der Waals surface area contributed by atoms with Gasteiger partial charge in [0.2, 0.25) is 0 Å². The molecule has 0 N–H and O–H groups in total. The highest BCUT2D eigenvalue weighted by molar-refractivity contribution is 5.54. The first-order valence-corrected chi connectivity index (χ1v) is 5.55. The minimum Gasteiger partial charge on any atom is -0.0760 e. The first kappa shape index (κ1) is 8.28. The summed E-state index contributed by atoms with van der Waals surface area (Å²) in [6, 6.07) is 9.01. The predicted molar refractivity (Wildman–Crippen MR) is 59.5 cm³/mol. The molecule has 0 heterocycles. The number of fused-ring (bicyclic) bond motifs is 5. The minimum absolute atomic E-state index is 0.765. The lowest BCUT2D eigenvalue weighted by molar-refractivity contribution is 0.717. The van der Waals surface area contributed by atoms with E-state index in [4.69, 9.17) is 0 Å². The zero-order valence-electron chi connectivity index (χ0n) is 8.88. The van der Waals surface area contributed by atoms with Crippen LogP contribution in [-0.4, -0.2) is 0 Å². The number of hydrogen-bond donors (Lipinski definition) is 0. The van der Waals surface area contributed by atoms with Crippen LogP contribution in [0.5, 0.6) is 0 Å². The van der Waals surface area contributed by atoms with Gasteiger partial charge in [0.05, 0.1) is 0 Å². The summed E-state index contributed by atoms with van der Waals surface area (Å²) in [5.41, 5.74) is 6.50. The summed E-state index contributed by atoms with van der Waals surface area (Å²) in [6.07, 6.45) is 2.75. The zero-order valence-corrected chi connectivity index (χ0v) is 8.88. The highest BCUT2D eigenvalue weighted by Crippen LogP contribution is 2.57. The fraction of sp³-hybridized carbons (Fsp3) is 0.429. The lowest BCUT2D eigenvalue weighted by Crippen LogP contribution is -1.95. The Morgan fingerprint density at radius 3 is 1.93 bits per heavy atom. The molecule has 0 nitrogen and oxygen atoms in total. The molecule has 0 spiro atoms. The molecule has 3 rings (SSSR count). The average Bonchev–Trinajstić information content (AvgIpc) is 2.73. The van der Waals surface area contributed by atoms with Gasteiger partial charge in [-0.15, -0.1) is 0 Å². The van der Waals surface area contributed by atoms with E-state index in [-0.39, 0.29) is 0 Å². The van der Waals surface area contributed by atoms with Gasteiger partial charge < -0.3 is 0 Å². The van der Waals surface area contributed by atoms with E-state index >= 15 is 0 Å². The van der Waals surface area contributed by atoms with Crippen LogP contribution < -0.4 is 0 Å². The highest BCUT2D eigenvalue weighted by Gasteiger charge is 2.41. The molecule has 2 aliphatic carbocycles. The fourth-order valence-corrected chi connectivity index (χ4v) is 3.38. The molecule has 1 aromatic carbocycles. The Kier molecular flexibility index (Phi) is 1.61. The standard InChI is InChI=1S/C14H16/c1-9(2)14-12-7-8-13(14)11-6-4-3-5-10(11)12/h3-6,12-13H,7-8H2,1-2H3/t12-,13-/m0/s1. The topological polar surface area (TPSA) is 0 Å². The summed E-state index contributed by atoms with van der Waals surface area (Å²) in [6.45, 7) is 4.54. The third kappa shape index (κ3) is 0.890. The van der Waals surface area contributed by atoms with Crippen LogP contribution in [0.25, 0.3) is 0 Å². The van der Waals surface area contributed by atoms with Crippen molar-refractivity contribution in [1.29, 1.82) is 0 Å². The minimum atomic E-state index is 0.765. The molecule has 0 heteroatoms. The molecule has 0 radical (unpaired) electrons. The maximum Gasteiger partial charge on any atom is 0.00600 e. The molecule has 2 aliphatic rings. The van der Waals surface area contributed by atoms with E-state index in [2.05, 4.69) is 38.1 Å². The van der Waals surface area contributed by atoms with Crippen LogP contribution in [-0.2, 0) is 0 Å². The SMILES string of the molecule is CC(C)=C1[C@H]2CC[C@H]1c1ccccc12. The number of benzene rings is 1. The molecule has 0 saturated heterocycles. The maximum absolute atomic E-state index is 2.32. The number of rotatable bonds is 0. The van der Waals surface area contributed by atoms with Crippen LogP contribution >= 0.6 is 0 Å². The van der Waals surface area contributed by atoms with Crippen LogP contribution in [0.3, 0.4) is 0 Å². The molecule has 0 aromatic heterocycles. The molecule has 0 unspecified atom stereocenters. The van der Waals surface area contributed by atoms with Crippen LogP contribution in [0, 0.1) is 0 Å². The third-order valence-electron chi connectivity index (χ3n) is 3.82. The summed E-state index contributed by atoms with van der Waals surface area (Å²) in [7, 11) is 0. The van der Waals surface area contributed by atoms with Crippen molar-refractivity contribution in [2.24, 2.45) is 0 Å². The largest absolute Gasteiger partial charge is 0.0760 e. The van der Waals surface area contributed by atoms with Crippen molar-refractivity contribution in [3.05, 3.63) is 46.5 Å². The van der Waals surface area contributed by atoms with Crippen LogP contribution in [0.2, 0.25) is 0 Å². The van der Waals surface area contributed by atoms with Crippen molar-refractivity contribution in [2.45, 2.75) is 38.5 Å². The average molecular weight is 184 g/mol. The smallest absolute Gasteiger partial charge is 0.00600 e. The third-order valence-corrected chi connectivity index (χ3v) is 3.82. The molecule has 72 valence electrons. The van der Waals surface area contributed by atoms with Gasteiger partial charge in [-0.25, -0.2) is 0 Å². The van der Waals surface area contributed by atoms with E-state index in [0.29, 0.717) is 0 Å². The zero-order chi connectivity index (χ0) is 9.71. The molecule has 0 amide bonds. The predicted octanol–water partition coefficient (Wildman–Crippen LogP) is 4.00. The number of hydrogen-bond acceptors (Lipinski definition) is 0.